The van der Waals surface area contributed by atoms with E-state index in [2.05, 4.69) is 39.6 Å². The predicted molar refractivity (Wildman–Crippen MR) is 160 cm³/mol. The summed E-state index contributed by atoms with van der Waals surface area (Å²) in [5.74, 6) is -0.201. The molecule has 1 fully saturated rings. The number of carbonyl (C=O) groups excluding carboxylic acids is 2. The number of ether oxygens (including phenoxy) is 3. The molecule has 0 bridgehead atoms. The van der Waals surface area contributed by atoms with Crippen molar-refractivity contribution in [3.8, 4) is 5.75 Å². The number of aromatic nitrogens is 1. The average molecular weight is 593 g/mol. The Bertz CT molecular complexity index is 1230. The summed E-state index contributed by atoms with van der Waals surface area (Å²) in [7, 11) is 3.24. The molecule has 40 heavy (non-hydrogen) atoms. The second kappa shape index (κ2) is 11.6. The molecular weight excluding hydrogens is 548 g/mol. The fourth-order valence-corrected chi connectivity index (χ4v) is 7.16. The van der Waals surface area contributed by atoms with Crippen molar-refractivity contribution in [3.63, 3.8) is 0 Å². The predicted octanol–water partition coefficient (Wildman–Crippen LogP) is 7.25. The fraction of sp³-hybridized carbons (Fsp3) is 0.645. The molecule has 3 rings (SSSR count). The third kappa shape index (κ3) is 6.19. The zero-order valence-corrected chi connectivity index (χ0v) is 27.4. The lowest BCUT2D eigenvalue weighted by atomic mass is 9.82. The summed E-state index contributed by atoms with van der Waals surface area (Å²) < 4.78 is 17.9. The summed E-state index contributed by atoms with van der Waals surface area (Å²) in [5.41, 5.74) is -1.70. The number of carbonyl (C=O) groups is 2. The Morgan fingerprint density at radius 1 is 1.18 bits per heavy atom. The topological polar surface area (TPSA) is 78.0 Å². The van der Waals surface area contributed by atoms with E-state index in [9.17, 15) is 9.59 Å². The van der Waals surface area contributed by atoms with Crippen molar-refractivity contribution < 1.29 is 23.8 Å². The molecule has 0 saturated carbocycles. The first-order valence-corrected chi connectivity index (χ1v) is 15.0. The molecule has 0 aliphatic carbocycles. The highest BCUT2D eigenvalue weighted by molar-refractivity contribution is 7.15. The summed E-state index contributed by atoms with van der Waals surface area (Å²) >= 11 is 7.66. The number of thiazole rings is 1. The molecule has 3 atom stereocenters. The second-order valence-electron chi connectivity index (χ2n) is 13.4. The van der Waals surface area contributed by atoms with Gasteiger partial charge in [0.05, 0.1) is 24.1 Å². The molecule has 0 radical (unpaired) electrons. The summed E-state index contributed by atoms with van der Waals surface area (Å²) in [6.07, 6.45) is 2.51. The van der Waals surface area contributed by atoms with Crippen LogP contribution >= 0.6 is 22.9 Å². The monoisotopic (exact) mass is 592 g/mol. The van der Waals surface area contributed by atoms with Gasteiger partial charge < -0.3 is 19.1 Å². The summed E-state index contributed by atoms with van der Waals surface area (Å²) in [4.78, 5) is 36.1. The van der Waals surface area contributed by atoms with Crippen molar-refractivity contribution >= 4 is 34.8 Å². The Balaban J connectivity index is 2.35. The zero-order chi connectivity index (χ0) is 30.3. The first kappa shape index (κ1) is 32.4. The highest BCUT2D eigenvalue weighted by Gasteiger charge is 2.65. The van der Waals surface area contributed by atoms with Crippen LogP contribution in [0.15, 0.2) is 24.4 Å². The van der Waals surface area contributed by atoms with Gasteiger partial charge in [-0.15, -0.1) is 11.3 Å². The molecule has 0 spiro atoms. The van der Waals surface area contributed by atoms with Crippen molar-refractivity contribution in [2.75, 3.05) is 20.8 Å². The number of esters is 1. The first-order valence-electron chi connectivity index (χ1n) is 13.8. The zero-order valence-electron chi connectivity index (χ0n) is 25.8. The number of methoxy groups -OCH3 is 2. The van der Waals surface area contributed by atoms with Gasteiger partial charge >= 0.3 is 5.97 Å². The summed E-state index contributed by atoms with van der Waals surface area (Å²) in [6.45, 7) is 18.3. The number of amides is 1. The van der Waals surface area contributed by atoms with Crippen LogP contribution in [0.5, 0.6) is 5.75 Å². The molecule has 2 heterocycles. The minimum absolute atomic E-state index is 0.0937. The number of rotatable bonds is 8. The van der Waals surface area contributed by atoms with E-state index in [0.717, 1.165) is 10.4 Å². The molecule has 1 amide bonds. The van der Waals surface area contributed by atoms with Crippen LogP contribution in [0, 0.1) is 11.8 Å². The van der Waals surface area contributed by atoms with E-state index < -0.39 is 22.6 Å². The van der Waals surface area contributed by atoms with Crippen molar-refractivity contribution in [3.05, 3.63) is 44.9 Å². The van der Waals surface area contributed by atoms with Gasteiger partial charge in [0.1, 0.15) is 16.9 Å². The lowest BCUT2D eigenvalue weighted by Gasteiger charge is -2.46. The third-order valence-electron chi connectivity index (χ3n) is 7.60. The van der Waals surface area contributed by atoms with Crippen LogP contribution < -0.4 is 4.74 Å². The van der Waals surface area contributed by atoms with Crippen molar-refractivity contribution in [1.29, 1.82) is 0 Å². The van der Waals surface area contributed by atoms with E-state index in [4.69, 9.17) is 25.8 Å². The van der Waals surface area contributed by atoms with Gasteiger partial charge in [-0.25, -0.2) is 9.78 Å². The standard InChI is InChI=1S/C31H45ClN2O5S/c1-19(2)15-31(26(36)39-29(6,7)8)16-21(18-37-10)30(9,24-17-33-27(32)40-24)34(31)25(35)20-12-13-22(28(3,4)5)23(14-20)38-11/h12-14,17,19,21H,15-16,18H2,1-11H3/t21-,30+,31+/m1/s1. The largest absolute Gasteiger partial charge is 0.496 e. The quantitative estimate of drug-likeness (QED) is 0.300. The maximum atomic E-state index is 14.9. The maximum Gasteiger partial charge on any atom is 0.332 e. The number of hydrogen-bond donors (Lipinski definition) is 0. The Hall–Kier alpha value is -2.16. The number of likely N-dealkylation sites (tertiary alicyclic amines) is 1. The van der Waals surface area contributed by atoms with Crippen molar-refractivity contribution in [2.45, 2.75) is 97.2 Å². The van der Waals surface area contributed by atoms with Crippen LogP contribution in [0.2, 0.25) is 4.47 Å². The number of nitrogens with zero attached hydrogens (tertiary/aromatic N) is 2. The first-order chi connectivity index (χ1) is 18.4. The molecule has 1 aliphatic heterocycles. The highest BCUT2D eigenvalue weighted by Crippen LogP contribution is 2.56. The van der Waals surface area contributed by atoms with Crippen LogP contribution in [-0.4, -0.2) is 53.7 Å². The van der Waals surface area contributed by atoms with Crippen LogP contribution in [0.3, 0.4) is 0 Å². The van der Waals surface area contributed by atoms with Gasteiger partial charge in [0.15, 0.2) is 4.47 Å². The smallest absolute Gasteiger partial charge is 0.332 e. The lowest BCUT2D eigenvalue weighted by molar-refractivity contribution is -0.170. The van der Waals surface area contributed by atoms with E-state index in [1.165, 1.54) is 11.3 Å². The molecule has 7 nitrogen and oxygen atoms in total. The van der Waals surface area contributed by atoms with E-state index in [-0.39, 0.29) is 23.2 Å². The summed E-state index contributed by atoms with van der Waals surface area (Å²) in [6, 6.07) is 5.54. The number of hydrogen-bond acceptors (Lipinski definition) is 7. The Morgan fingerprint density at radius 2 is 1.82 bits per heavy atom. The Morgan fingerprint density at radius 3 is 2.30 bits per heavy atom. The fourth-order valence-electron chi connectivity index (χ4n) is 6.00. The van der Waals surface area contributed by atoms with Crippen LogP contribution in [0.1, 0.15) is 96.0 Å². The van der Waals surface area contributed by atoms with Gasteiger partial charge in [0, 0.05) is 24.8 Å². The SMILES string of the molecule is COC[C@H]1C[C@@](CC(C)C)(C(=O)OC(C)(C)C)N(C(=O)c2ccc(C(C)(C)C)c(OC)c2)[C@]1(C)c1cnc(Cl)s1. The molecule has 1 saturated heterocycles. The minimum atomic E-state index is -1.25. The van der Waals surface area contributed by atoms with Crippen LogP contribution in [0.25, 0.3) is 0 Å². The van der Waals surface area contributed by atoms with Gasteiger partial charge in [-0.05, 0) is 69.6 Å². The van der Waals surface area contributed by atoms with E-state index >= 15 is 0 Å². The molecule has 1 aromatic heterocycles. The van der Waals surface area contributed by atoms with E-state index in [1.807, 2.05) is 39.8 Å². The van der Waals surface area contributed by atoms with Crippen LogP contribution in [-0.2, 0) is 25.2 Å². The van der Waals surface area contributed by atoms with E-state index in [1.54, 1.807) is 31.4 Å². The minimum Gasteiger partial charge on any atom is -0.496 e. The maximum absolute atomic E-state index is 14.9. The van der Waals surface area contributed by atoms with Crippen molar-refractivity contribution in [1.82, 2.24) is 9.88 Å². The molecule has 0 N–H and O–H groups in total. The van der Waals surface area contributed by atoms with E-state index in [0.29, 0.717) is 35.2 Å². The number of halogens is 1. The molecule has 0 unspecified atom stereocenters. The molecule has 2 aromatic rings. The Labute approximate surface area is 248 Å². The number of benzene rings is 1. The Kier molecular flexibility index (Phi) is 9.39. The van der Waals surface area contributed by atoms with Gasteiger partial charge in [-0.2, -0.15) is 0 Å². The highest BCUT2D eigenvalue weighted by atomic mass is 35.5. The van der Waals surface area contributed by atoms with Gasteiger partial charge in [0.2, 0.25) is 0 Å². The normalized spacial score (nSPS) is 23.5. The third-order valence-corrected chi connectivity index (χ3v) is 8.94. The molecule has 222 valence electrons. The van der Waals surface area contributed by atoms with Crippen molar-refractivity contribution in [2.24, 2.45) is 11.8 Å². The lowest BCUT2D eigenvalue weighted by Crippen LogP contribution is -2.60. The van der Waals surface area contributed by atoms with Gasteiger partial charge in [-0.1, -0.05) is 52.3 Å². The molecular formula is C31H45ClN2O5S. The molecule has 1 aromatic carbocycles. The van der Waals surface area contributed by atoms with Gasteiger partial charge in [-0.3, -0.25) is 4.79 Å². The van der Waals surface area contributed by atoms with Gasteiger partial charge in [0.25, 0.3) is 5.91 Å². The molecule has 9 heteroatoms. The molecule has 1 aliphatic rings. The average Bonchev–Trinajstić information content (AvgIpc) is 3.37. The summed E-state index contributed by atoms with van der Waals surface area (Å²) in [5, 5.41) is 0. The van der Waals surface area contributed by atoms with Crippen LogP contribution in [0.4, 0.5) is 0 Å². The second-order valence-corrected chi connectivity index (χ2v) is 15.0.